The second-order valence-electron chi connectivity index (χ2n) is 24.1. The Labute approximate surface area is 395 Å². The van der Waals surface area contributed by atoms with Gasteiger partial charge >= 0.3 is 0 Å². The molecule has 3 heterocycles. The van der Waals surface area contributed by atoms with E-state index in [1.165, 1.54) is 72.4 Å². The number of nitrogens with zero attached hydrogens (tertiary/aromatic N) is 2. The fraction of sp³-hybridized carbons (Fsp3) is 0.323. The molecule has 8 aromatic rings. The standard InChI is InChI=1S/C62H67BN2O/c1-38-32-50-57-54(33-38)65(45-27-20-41(21-28-45)60(8,9)10)53-31-22-42(61(11,12)13)34-52(53)63(57)51-37-56-48(36-49(51)62(50,14)15)47-30-29-46(35-55(47)66-56)64(43-23-16-39(17-24-43)58(2,3)4)44-25-18-40(19-26-44)59(5,6)7/h16-37H,1-15H3. The zero-order valence-electron chi connectivity index (χ0n) is 42.1. The first-order chi connectivity index (χ1) is 30.9. The van der Waals surface area contributed by atoms with E-state index in [9.17, 15) is 0 Å². The van der Waals surface area contributed by atoms with Crippen LogP contribution in [0.5, 0.6) is 0 Å². The first-order valence-electron chi connectivity index (χ1n) is 24.1. The molecule has 0 saturated carbocycles. The second kappa shape index (κ2) is 14.8. The lowest BCUT2D eigenvalue weighted by molar-refractivity contribution is 0.590. The summed E-state index contributed by atoms with van der Waals surface area (Å²) in [6, 6.07) is 51.3. The van der Waals surface area contributed by atoms with Crippen LogP contribution in [-0.4, -0.2) is 6.71 Å². The van der Waals surface area contributed by atoms with E-state index in [0.29, 0.717) is 0 Å². The molecule has 0 radical (unpaired) electrons. The van der Waals surface area contributed by atoms with Crippen LogP contribution in [0.2, 0.25) is 0 Å². The maximum atomic E-state index is 7.08. The largest absolute Gasteiger partial charge is 0.456 e. The molecule has 0 amide bonds. The molecular weight excluding hydrogens is 800 g/mol. The molecule has 7 aromatic carbocycles. The van der Waals surface area contributed by atoms with Crippen molar-refractivity contribution in [1.82, 2.24) is 0 Å². The Morgan fingerprint density at radius 3 is 1.50 bits per heavy atom. The van der Waals surface area contributed by atoms with Crippen LogP contribution < -0.4 is 26.2 Å². The quantitative estimate of drug-likeness (QED) is 0.164. The number of aryl methyl sites for hydroxylation is 1. The van der Waals surface area contributed by atoms with Gasteiger partial charge in [0.2, 0.25) is 6.71 Å². The lowest BCUT2D eigenvalue weighted by atomic mass is 9.30. The first-order valence-corrected chi connectivity index (χ1v) is 24.1. The summed E-state index contributed by atoms with van der Waals surface area (Å²) in [4.78, 5) is 4.91. The van der Waals surface area contributed by atoms with Gasteiger partial charge in [-0.2, -0.15) is 0 Å². The van der Waals surface area contributed by atoms with Gasteiger partial charge in [0, 0.05) is 56.4 Å². The predicted molar refractivity (Wildman–Crippen MR) is 286 cm³/mol. The van der Waals surface area contributed by atoms with Crippen LogP contribution in [0.25, 0.3) is 21.9 Å². The maximum Gasteiger partial charge on any atom is 0.247 e. The van der Waals surface area contributed by atoms with Gasteiger partial charge in [-0.1, -0.05) is 157 Å². The van der Waals surface area contributed by atoms with Gasteiger partial charge in [-0.25, -0.2) is 0 Å². The Balaban J connectivity index is 1.16. The smallest absolute Gasteiger partial charge is 0.247 e. The molecule has 334 valence electrons. The number of rotatable bonds is 4. The molecule has 0 spiro atoms. The van der Waals surface area contributed by atoms with Gasteiger partial charge in [-0.05, 0) is 151 Å². The Hall–Kier alpha value is -6.00. The van der Waals surface area contributed by atoms with E-state index < -0.39 is 0 Å². The third-order valence-electron chi connectivity index (χ3n) is 14.8. The summed E-state index contributed by atoms with van der Waals surface area (Å²) in [7, 11) is 0. The summed E-state index contributed by atoms with van der Waals surface area (Å²) >= 11 is 0. The highest BCUT2D eigenvalue weighted by molar-refractivity contribution is 6.99. The van der Waals surface area contributed by atoms with Crippen LogP contribution >= 0.6 is 0 Å². The van der Waals surface area contributed by atoms with Gasteiger partial charge in [0.25, 0.3) is 0 Å². The highest BCUT2D eigenvalue weighted by Gasteiger charge is 2.47. The Kier molecular flexibility index (Phi) is 9.81. The molecule has 10 rings (SSSR count). The molecule has 0 unspecified atom stereocenters. The number of fused-ring (bicyclic) bond motifs is 7. The molecule has 0 bridgehead atoms. The molecule has 4 heteroatoms. The van der Waals surface area contributed by atoms with Crippen molar-refractivity contribution in [1.29, 1.82) is 0 Å². The number of benzene rings is 7. The summed E-state index contributed by atoms with van der Waals surface area (Å²) < 4.78 is 7.08. The van der Waals surface area contributed by atoms with E-state index >= 15 is 0 Å². The van der Waals surface area contributed by atoms with Crippen molar-refractivity contribution in [3.05, 3.63) is 172 Å². The van der Waals surface area contributed by atoms with E-state index in [-0.39, 0.29) is 33.8 Å². The molecule has 0 fully saturated rings. The van der Waals surface area contributed by atoms with Gasteiger partial charge in [-0.15, -0.1) is 0 Å². The number of hydrogen-bond donors (Lipinski definition) is 0. The normalized spacial score (nSPS) is 14.7. The molecule has 2 aliphatic heterocycles. The Bertz CT molecular complexity index is 3140. The minimum absolute atomic E-state index is 0.0150. The lowest BCUT2D eigenvalue weighted by Crippen LogP contribution is -2.64. The summed E-state index contributed by atoms with van der Waals surface area (Å²) in [5.74, 6) is 0. The number of anilines is 6. The minimum atomic E-state index is -0.268. The average molecular weight is 867 g/mol. The molecular formula is C62H67BN2O. The van der Waals surface area contributed by atoms with Crippen LogP contribution in [0.15, 0.2) is 138 Å². The molecule has 2 aliphatic rings. The zero-order valence-corrected chi connectivity index (χ0v) is 42.1. The van der Waals surface area contributed by atoms with Gasteiger partial charge in [-0.3, -0.25) is 0 Å². The van der Waals surface area contributed by atoms with E-state index in [4.69, 9.17) is 4.42 Å². The van der Waals surface area contributed by atoms with Gasteiger partial charge in [0.1, 0.15) is 11.2 Å². The van der Waals surface area contributed by atoms with Crippen LogP contribution in [0, 0.1) is 6.92 Å². The zero-order chi connectivity index (χ0) is 47.0. The summed E-state index contributed by atoms with van der Waals surface area (Å²) in [6.07, 6.45) is 0. The van der Waals surface area contributed by atoms with Crippen LogP contribution in [0.3, 0.4) is 0 Å². The van der Waals surface area contributed by atoms with Crippen molar-refractivity contribution in [3.8, 4) is 0 Å². The maximum absolute atomic E-state index is 7.08. The van der Waals surface area contributed by atoms with Crippen molar-refractivity contribution in [3.63, 3.8) is 0 Å². The number of furan rings is 1. The van der Waals surface area contributed by atoms with Gasteiger partial charge in [0.05, 0.1) is 0 Å². The minimum Gasteiger partial charge on any atom is -0.456 e. The van der Waals surface area contributed by atoms with E-state index in [1.807, 2.05) is 0 Å². The van der Waals surface area contributed by atoms with Crippen molar-refractivity contribution >= 4 is 79.2 Å². The van der Waals surface area contributed by atoms with Crippen LogP contribution in [-0.2, 0) is 27.1 Å². The van der Waals surface area contributed by atoms with Crippen molar-refractivity contribution in [2.45, 2.75) is 131 Å². The molecule has 0 atom stereocenters. The summed E-state index contributed by atoms with van der Waals surface area (Å²) in [5.41, 5.74) is 22.2. The molecule has 0 saturated heterocycles. The summed E-state index contributed by atoms with van der Waals surface area (Å²) in [6.45, 7) is 34.7. The fourth-order valence-electron chi connectivity index (χ4n) is 10.8. The van der Waals surface area contributed by atoms with Crippen molar-refractivity contribution in [2.24, 2.45) is 0 Å². The van der Waals surface area contributed by atoms with Gasteiger partial charge in [0.15, 0.2) is 0 Å². The van der Waals surface area contributed by atoms with E-state index in [1.54, 1.807) is 0 Å². The monoisotopic (exact) mass is 867 g/mol. The number of hydrogen-bond acceptors (Lipinski definition) is 3. The first kappa shape index (κ1) is 43.9. The fourth-order valence-corrected chi connectivity index (χ4v) is 10.8. The van der Waals surface area contributed by atoms with Crippen molar-refractivity contribution in [2.75, 3.05) is 9.80 Å². The Morgan fingerprint density at radius 2 is 0.955 bits per heavy atom. The van der Waals surface area contributed by atoms with Crippen LogP contribution in [0.4, 0.5) is 34.1 Å². The third-order valence-corrected chi connectivity index (χ3v) is 14.8. The Morgan fingerprint density at radius 1 is 0.455 bits per heavy atom. The van der Waals surface area contributed by atoms with E-state index in [0.717, 1.165) is 39.0 Å². The van der Waals surface area contributed by atoms with Crippen molar-refractivity contribution < 1.29 is 4.42 Å². The second-order valence-corrected chi connectivity index (χ2v) is 24.1. The highest BCUT2D eigenvalue weighted by Crippen LogP contribution is 2.46. The summed E-state index contributed by atoms with van der Waals surface area (Å²) in [5, 5.41) is 2.30. The van der Waals surface area contributed by atoms with Crippen LogP contribution in [0.1, 0.15) is 136 Å². The topological polar surface area (TPSA) is 19.6 Å². The third kappa shape index (κ3) is 7.18. The molecule has 1 aromatic heterocycles. The molecule has 0 N–H and O–H groups in total. The lowest BCUT2D eigenvalue weighted by Gasteiger charge is -2.46. The molecule has 66 heavy (non-hydrogen) atoms. The average Bonchev–Trinajstić information content (AvgIpc) is 3.60. The highest BCUT2D eigenvalue weighted by atomic mass is 16.3. The SMILES string of the molecule is Cc1cc2c3c(c1)C(C)(C)c1cc4c(cc1B3c1cc(C(C)(C)C)ccc1N2c1ccc(C(C)(C)C)cc1)oc1cc(N(c2ccc(C(C)(C)C)cc2)c2ccc(C(C)(C)C)cc2)ccc14. The van der Waals surface area contributed by atoms with E-state index in [2.05, 4.69) is 247 Å². The molecule has 3 nitrogen and oxygen atoms in total. The molecule has 0 aliphatic carbocycles. The van der Waals surface area contributed by atoms with Gasteiger partial charge < -0.3 is 14.2 Å². The predicted octanol–water partition coefficient (Wildman–Crippen LogP) is 15.5.